The van der Waals surface area contributed by atoms with Crippen molar-refractivity contribution in [1.29, 1.82) is 5.41 Å². The summed E-state index contributed by atoms with van der Waals surface area (Å²) >= 11 is 0. The van der Waals surface area contributed by atoms with Gasteiger partial charge in [0.05, 0.1) is 19.5 Å². The van der Waals surface area contributed by atoms with E-state index in [1.54, 1.807) is 36.4 Å². The predicted octanol–water partition coefficient (Wildman–Crippen LogP) is 0.162. The van der Waals surface area contributed by atoms with Gasteiger partial charge in [0.2, 0.25) is 11.8 Å². The molecule has 2 aromatic carbocycles. The smallest absolute Gasteiger partial charge is 0.307 e. The van der Waals surface area contributed by atoms with Crippen molar-refractivity contribution >= 4 is 23.6 Å². The van der Waals surface area contributed by atoms with E-state index in [2.05, 4.69) is 16.0 Å². The third kappa shape index (κ3) is 9.09. The highest BCUT2D eigenvalue weighted by molar-refractivity contribution is 5.94. The number of carbonyl (C=O) groups is 3. The molecule has 2 amide bonds. The van der Waals surface area contributed by atoms with Gasteiger partial charge in [-0.05, 0) is 29.7 Å². The second kappa shape index (κ2) is 12.1. The fraction of sp³-hybridized carbons (Fsp3) is 0.273. The molecule has 0 unspecified atom stereocenters. The number of nitrogens with two attached hydrogens (primary N) is 1. The van der Waals surface area contributed by atoms with Crippen molar-refractivity contribution in [2.75, 3.05) is 19.6 Å². The minimum absolute atomic E-state index is 0.00156. The van der Waals surface area contributed by atoms with Crippen LogP contribution in [0, 0.1) is 5.41 Å². The predicted molar refractivity (Wildman–Crippen MR) is 117 cm³/mol. The molecule has 2 rings (SSSR count). The maximum Gasteiger partial charge on any atom is 0.307 e. The van der Waals surface area contributed by atoms with Crippen molar-refractivity contribution in [2.24, 2.45) is 5.73 Å². The maximum absolute atomic E-state index is 11.9. The largest absolute Gasteiger partial charge is 0.481 e. The number of amides is 2. The summed E-state index contributed by atoms with van der Waals surface area (Å²) in [5.41, 5.74) is 8.66. The Morgan fingerprint density at radius 2 is 1.42 bits per heavy atom. The molecule has 9 nitrogen and oxygen atoms in total. The van der Waals surface area contributed by atoms with E-state index in [1.165, 1.54) is 0 Å². The number of hydrogen-bond donors (Lipinski definition) is 6. The third-order valence-corrected chi connectivity index (χ3v) is 4.46. The Morgan fingerprint density at radius 1 is 0.839 bits per heavy atom. The Balaban J connectivity index is 1.58. The molecular weight excluding hydrogens is 398 g/mol. The van der Waals surface area contributed by atoms with Gasteiger partial charge in [0.1, 0.15) is 5.84 Å². The summed E-state index contributed by atoms with van der Waals surface area (Å²) in [7, 11) is 0. The highest BCUT2D eigenvalue weighted by atomic mass is 16.4. The first-order valence-corrected chi connectivity index (χ1v) is 9.80. The number of carboxylic acids is 1. The van der Waals surface area contributed by atoms with E-state index in [0.717, 1.165) is 16.7 Å². The molecule has 0 atom stereocenters. The van der Waals surface area contributed by atoms with Gasteiger partial charge >= 0.3 is 5.97 Å². The molecule has 0 fully saturated rings. The van der Waals surface area contributed by atoms with Crippen molar-refractivity contribution in [3.05, 3.63) is 70.8 Å². The molecule has 31 heavy (non-hydrogen) atoms. The first-order chi connectivity index (χ1) is 14.8. The monoisotopic (exact) mass is 425 g/mol. The van der Waals surface area contributed by atoms with Crippen LogP contribution in [0.15, 0.2) is 48.5 Å². The van der Waals surface area contributed by atoms with Gasteiger partial charge in [0, 0.05) is 12.1 Å². The van der Waals surface area contributed by atoms with E-state index in [4.69, 9.17) is 16.2 Å². The zero-order chi connectivity index (χ0) is 22.6. The number of carbonyl (C=O) groups excluding carboxylic acids is 2. The molecule has 0 saturated heterocycles. The average molecular weight is 425 g/mol. The van der Waals surface area contributed by atoms with Crippen LogP contribution < -0.4 is 21.7 Å². The summed E-state index contributed by atoms with van der Waals surface area (Å²) in [5.74, 6) is -1.46. The van der Waals surface area contributed by atoms with Gasteiger partial charge < -0.3 is 26.8 Å². The highest BCUT2D eigenvalue weighted by Crippen LogP contribution is 2.06. The molecule has 164 valence electrons. The number of nitrogen functional groups attached to an aromatic ring is 1. The molecule has 0 aliphatic rings. The lowest BCUT2D eigenvalue weighted by molar-refractivity contribution is -0.136. The first kappa shape index (κ1) is 23.6. The van der Waals surface area contributed by atoms with Gasteiger partial charge in [-0.2, -0.15) is 0 Å². The zero-order valence-electron chi connectivity index (χ0n) is 17.1. The van der Waals surface area contributed by atoms with Gasteiger partial charge in [-0.15, -0.1) is 0 Å². The molecule has 0 radical (unpaired) electrons. The van der Waals surface area contributed by atoms with Crippen LogP contribution in [0.1, 0.15) is 22.3 Å². The van der Waals surface area contributed by atoms with E-state index in [-0.39, 0.29) is 37.2 Å². The van der Waals surface area contributed by atoms with E-state index in [1.807, 2.05) is 12.1 Å². The summed E-state index contributed by atoms with van der Waals surface area (Å²) in [6, 6.07) is 14.3. The van der Waals surface area contributed by atoms with Gasteiger partial charge in [0.15, 0.2) is 0 Å². The van der Waals surface area contributed by atoms with Crippen LogP contribution in [0.4, 0.5) is 0 Å². The SMILES string of the molecule is N=C(N)c1ccc(CNC(=O)CNC(=O)CNCCc2ccc(CC(=O)O)cc2)cc1. The Kier molecular flexibility index (Phi) is 9.18. The lowest BCUT2D eigenvalue weighted by Gasteiger charge is -2.09. The minimum atomic E-state index is -0.863. The molecule has 2 aromatic rings. The summed E-state index contributed by atoms with van der Waals surface area (Å²) in [4.78, 5) is 34.4. The molecule has 9 heteroatoms. The molecule has 0 aromatic heterocycles. The number of benzene rings is 2. The molecule has 0 aliphatic heterocycles. The number of aliphatic carboxylic acids is 1. The molecule has 0 bridgehead atoms. The number of rotatable bonds is 12. The number of carboxylic acid groups (broad SMARTS) is 1. The molecule has 0 spiro atoms. The quantitative estimate of drug-likeness (QED) is 0.162. The van der Waals surface area contributed by atoms with Crippen molar-refractivity contribution in [2.45, 2.75) is 19.4 Å². The summed E-state index contributed by atoms with van der Waals surface area (Å²) in [5, 5.41) is 24.4. The Bertz CT molecular complexity index is 911. The maximum atomic E-state index is 11.9. The number of nitrogens with one attached hydrogen (secondary N) is 4. The molecule has 0 heterocycles. The third-order valence-electron chi connectivity index (χ3n) is 4.46. The van der Waals surface area contributed by atoms with Crippen LogP contribution in [-0.2, 0) is 33.8 Å². The normalized spacial score (nSPS) is 10.3. The Hall–Kier alpha value is -3.72. The minimum Gasteiger partial charge on any atom is -0.481 e. The van der Waals surface area contributed by atoms with E-state index < -0.39 is 5.97 Å². The molecule has 0 saturated carbocycles. The summed E-state index contributed by atoms with van der Waals surface area (Å²) < 4.78 is 0. The average Bonchev–Trinajstić information content (AvgIpc) is 2.74. The van der Waals surface area contributed by atoms with E-state index >= 15 is 0 Å². The van der Waals surface area contributed by atoms with Crippen LogP contribution >= 0.6 is 0 Å². The number of amidine groups is 1. The van der Waals surface area contributed by atoms with Crippen molar-refractivity contribution < 1.29 is 19.5 Å². The van der Waals surface area contributed by atoms with Crippen LogP contribution in [0.3, 0.4) is 0 Å². The summed E-state index contributed by atoms with van der Waals surface area (Å²) in [6.07, 6.45) is 0.696. The van der Waals surface area contributed by atoms with Gasteiger partial charge in [-0.25, -0.2) is 0 Å². The Labute approximate surface area is 180 Å². The van der Waals surface area contributed by atoms with E-state index in [0.29, 0.717) is 25.1 Å². The van der Waals surface area contributed by atoms with E-state index in [9.17, 15) is 14.4 Å². The van der Waals surface area contributed by atoms with Crippen LogP contribution in [-0.4, -0.2) is 48.4 Å². The lowest BCUT2D eigenvalue weighted by atomic mass is 10.1. The van der Waals surface area contributed by atoms with Gasteiger partial charge in [-0.3, -0.25) is 19.8 Å². The van der Waals surface area contributed by atoms with Crippen LogP contribution in [0.25, 0.3) is 0 Å². The molecule has 0 aliphatic carbocycles. The zero-order valence-corrected chi connectivity index (χ0v) is 17.1. The molecular formula is C22H27N5O4. The summed E-state index contributed by atoms with van der Waals surface area (Å²) in [6.45, 7) is 0.874. The molecule has 7 N–H and O–H groups in total. The Morgan fingerprint density at radius 3 is 2.03 bits per heavy atom. The van der Waals surface area contributed by atoms with Crippen molar-refractivity contribution in [3.63, 3.8) is 0 Å². The van der Waals surface area contributed by atoms with Crippen LogP contribution in [0.2, 0.25) is 0 Å². The lowest BCUT2D eigenvalue weighted by Crippen LogP contribution is -2.40. The van der Waals surface area contributed by atoms with Crippen LogP contribution in [0.5, 0.6) is 0 Å². The van der Waals surface area contributed by atoms with Gasteiger partial charge in [0.25, 0.3) is 0 Å². The fourth-order valence-corrected chi connectivity index (χ4v) is 2.74. The highest BCUT2D eigenvalue weighted by Gasteiger charge is 2.06. The fourth-order valence-electron chi connectivity index (χ4n) is 2.74. The number of hydrogen-bond acceptors (Lipinski definition) is 5. The van der Waals surface area contributed by atoms with Crippen molar-refractivity contribution in [3.8, 4) is 0 Å². The van der Waals surface area contributed by atoms with Gasteiger partial charge in [-0.1, -0.05) is 48.5 Å². The second-order valence-corrected chi connectivity index (χ2v) is 6.98. The van der Waals surface area contributed by atoms with Crippen molar-refractivity contribution in [1.82, 2.24) is 16.0 Å². The first-order valence-electron chi connectivity index (χ1n) is 9.80. The second-order valence-electron chi connectivity index (χ2n) is 6.98. The topological polar surface area (TPSA) is 157 Å². The standard InChI is InChI=1S/C22H27N5O4/c23-22(24)18-7-5-17(6-8-18)12-26-20(29)14-27-19(28)13-25-10-9-15-1-3-16(4-2-15)11-21(30)31/h1-8,25H,9-14H2,(H3,23,24)(H,26,29)(H,27,28)(H,30,31).